The van der Waals surface area contributed by atoms with E-state index in [0.717, 1.165) is 5.56 Å². The molecular weight excluding hydrogens is 502 g/mol. The lowest BCUT2D eigenvalue weighted by Gasteiger charge is -2.25. The van der Waals surface area contributed by atoms with E-state index in [2.05, 4.69) is 16.0 Å². The van der Waals surface area contributed by atoms with Crippen LogP contribution in [0.15, 0.2) is 30.3 Å². The van der Waals surface area contributed by atoms with Crippen LogP contribution in [0, 0.1) is 0 Å². The van der Waals surface area contributed by atoms with Gasteiger partial charge < -0.3 is 37.6 Å². The highest BCUT2D eigenvalue weighted by Crippen LogP contribution is 2.08. The SMILES string of the molecule is CSCCC(NC(=O)C(CCCCN)NC(=O)C(N)Cc1ccccc1)C(=O)NC(CC(=O)O)C(=O)O. The lowest BCUT2D eigenvalue weighted by molar-refractivity contribution is -0.147. The molecule has 0 aliphatic carbocycles. The maximum absolute atomic E-state index is 13.1. The van der Waals surface area contributed by atoms with E-state index in [9.17, 15) is 29.1 Å². The van der Waals surface area contributed by atoms with Crippen LogP contribution in [0.4, 0.5) is 0 Å². The van der Waals surface area contributed by atoms with Gasteiger partial charge in [-0.3, -0.25) is 19.2 Å². The molecule has 4 atom stereocenters. The van der Waals surface area contributed by atoms with Gasteiger partial charge in [-0.1, -0.05) is 30.3 Å². The van der Waals surface area contributed by atoms with Gasteiger partial charge in [0.1, 0.15) is 18.1 Å². The van der Waals surface area contributed by atoms with Crippen LogP contribution in [-0.2, 0) is 30.4 Å². The smallest absolute Gasteiger partial charge is 0.326 e. The van der Waals surface area contributed by atoms with Crippen molar-refractivity contribution in [2.24, 2.45) is 11.5 Å². The summed E-state index contributed by atoms with van der Waals surface area (Å²) in [5, 5.41) is 25.6. The molecule has 0 saturated carbocycles. The molecule has 206 valence electrons. The van der Waals surface area contributed by atoms with Crippen LogP contribution in [0.3, 0.4) is 0 Å². The molecule has 0 fully saturated rings. The van der Waals surface area contributed by atoms with Crippen molar-refractivity contribution >= 4 is 41.4 Å². The topological polar surface area (TPSA) is 214 Å². The van der Waals surface area contributed by atoms with Gasteiger partial charge in [0.15, 0.2) is 0 Å². The Morgan fingerprint density at radius 2 is 1.43 bits per heavy atom. The van der Waals surface area contributed by atoms with E-state index >= 15 is 0 Å². The normalized spacial score (nSPS) is 14.0. The molecule has 0 saturated heterocycles. The fraction of sp³-hybridized carbons (Fsp3) is 0.542. The summed E-state index contributed by atoms with van der Waals surface area (Å²) >= 11 is 1.41. The number of rotatable bonds is 18. The Balaban J connectivity index is 2.95. The summed E-state index contributed by atoms with van der Waals surface area (Å²) in [6.07, 6.45) is 2.80. The Hall–Kier alpha value is -3.16. The second-order valence-corrected chi connectivity index (χ2v) is 9.47. The van der Waals surface area contributed by atoms with Gasteiger partial charge in [0.25, 0.3) is 0 Å². The third kappa shape index (κ3) is 12.6. The predicted molar refractivity (Wildman–Crippen MR) is 140 cm³/mol. The van der Waals surface area contributed by atoms with Crippen LogP contribution in [0.25, 0.3) is 0 Å². The Bertz CT molecular complexity index is 903. The van der Waals surface area contributed by atoms with Gasteiger partial charge in [0, 0.05) is 0 Å². The van der Waals surface area contributed by atoms with E-state index < -0.39 is 60.2 Å². The fourth-order valence-corrected chi connectivity index (χ4v) is 3.90. The van der Waals surface area contributed by atoms with Gasteiger partial charge in [0.05, 0.1) is 12.5 Å². The molecule has 3 amide bonds. The van der Waals surface area contributed by atoms with E-state index in [4.69, 9.17) is 16.6 Å². The highest BCUT2D eigenvalue weighted by molar-refractivity contribution is 7.98. The maximum Gasteiger partial charge on any atom is 0.326 e. The molecule has 13 heteroatoms. The molecule has 0 bridgehead atoms. The molecule has 0 aromatic heterocycles. The fourth-order valence-electron chi connectivity index (χ4n) is 3.42. The third-order valence-electron chi connectivity index (χ3n) is 5.45. The number of aliphatic carboxylic acids is 2. The monoisotopic (exact) mass is 539 g/mol. The Morgan fingerprint density at radius 3 is 1.97 bits per heavy atom. The maximum atomic E-state index is 13.1. The minimum atomic E-state index is -1.66. The quantitative estimate of drug-likeness (QED) is 0.118. The van der Waals surface area contributed by atoms with E-state index in [1.54, 1.807) is 6.26 Å². The first-order chi connectivity index (χ1) is 17.6. The van der Waals surface area contributed by atoms with E-state index in [1.807, 2.05) is 30.3 Å². The van der Waals surface area contributed by atoms with Gasteiger partial charge in [-0.05, 0) is 56.2 Å². The summed E-state index contributed by atoms with van der Waals surface area (Å²) < 4.78 is 0. The van der Waals surface area contributed by atoms with E-state index in [0.29, 0.717) is 25.1 Å². The number of nitrogens with two attached hydrogens (primary N) is 2. The molecule has 0 aliphatic rings. The summed E-state index contributed by atoms with van der Waals surface area (Å²) in [6.45, 7) is 0.398. The van der Waals surface area contributed by atoms with Crippen LogP contribution in [0.1, 0.15) is 37.7 Å². The molecule has 12 nitrogen and oxygen atoms in total. The number of carboxylic acids is 2. The number of benzene rings is 1. The number of nitrogens with one attached hydrogen (secondary N) is 3. The minimum Gasteiger partial charge on any atom is -0.481 e. The van der Waals surface area contributed by atoms with E-state index in [1.165, 1.54) is 11.8 Å². The van der Waals surface area contributed by atoms with Gasteiger partial charge in [-0.25, -0.2) is 4.79 Å². The Morgan fingerprint density at radius 1 is 0.865 bits per heavy atom. The molecular formula is C24H37N5O7S. The van der Waals surface area contributed by atoms with Crippen molar-refractivity contribution in [1.29, 1.82) is 0 Å². The Labute approximate surface area is 220 Å². The zero-order valence-electron chi connectivity index (χ0n) is 20.9. The summed E-state index contributed by atoms with van der Waals surface area (Å²) in [7, 11) is 0. The summed E-state index contributed by atoms with van der Waals surface area (Å²) in [5.74, 6) is -4.44. The summed E-state index contributed by atoms with van der Waals surface area (Å²) in [6, 6.07) is 4.47. The van der Waals surface area contributed by atoms with Gasteiger partial charge in [-0.2, -0.15) is 11.8 Å². The number of hydrogen-bond donors (Lipinski definition) is 7. The van der Waals surface area contributed by atoms with Gasteiger partial charge in [0.2, 0.25) is 17.7 Å². The van der Waals surface area contributed by atoms with Crippen molar-refractivity contribution in [3.05, 3.63) is 35.9 Å². The number of carboxylic acid groups (broad SMARTS) is 2. The highest BCUT2D eigenvalue weighted by Gasteiger charge is 2.30. The average Bonchev–Trinajstić information content (AvgIpc) is 2.85. The molecule has 0 radical (unpaired) electrons. The molecule has 4 unspecified atom stereocenters. The van der Waals surface area contributed by atoms with E-state index in [-0.39, 0.29) is 19.3 Å². The first kappa shape index (κ1) is 31.9. The number of unbranched alkanes of at least 4 members (excludes halogenated alkanes) is 1. The van der Waals surface area contributed by atoms with Crippen molar-refractivity contribution in [3.8, 4) is 0 Å². The van der Waals surface area contributed by atoms with Crippen LogP contribution < -0.4 is 27.4 Å². The lowest BCUT2D eigenvalue weighted by Crippen LogP contribution is -2.57. The van der Waals surface area contributed by atoms with Crippen molar-refractivity contribution in [1.82, 2.24) is 16.0 Å². The molecule has 1 aromatic rings. The second kappa shape index (κ2) is 17.3. The summed E-state index contributed by atoms with van der Waals surface area (Å²) in [4.78, 5) is 61.0. The van der Waals surface area contributed by atoms with Crippen LogP contribution in [0.5, 0.6) is 0 Å². The predicted octanol–water partition coefficient (Wildman–Crippen LogP) is -0.548. The summed E-state index contributed by atoms with van der Waals surface area (Å²) in [5.41, 5.74) is 12.5. The van der Waals surface area contributed by atoms with Crippen molar-refractivity contribution in [3.63, 3.8) is 0 Å². The van der Waals surface area contributed by atoms with Crippen molar-refractivity contribution < 1.29 is 34.2 Å². The zero-order valence-corrected chi connectivity index (χ0v) is 21.7. The Kier molecular flexibility index (Phi) is 14.9. The van der Waals surface area contributed by atoms with Crippen LogP contribution in [0.2, 0.25) is 0 Å². The number of thioether (sulfide) groups is 1. The standard InChI is InChI=1S/C24H37N5O7S/c1-37-12-10-18(23(34)29-19(24(35)36)14-20(30)31)28-22(33)17(9-5-6-11-25)27-21(32)16(26)13-15-7-3-2-4-8-15/h2-4,7-8,16-19H,5-6,9-14,25-26H2,1H3,(H,27,32)(H,28,33)(H,29,34)(H,30,31)(H,35,36). The number of amides is 3. The van der Waals surface area contributed by atoms with Gasteiger partial charge in [-0.15, -0.1) is 0 Å². The molecule has 1 rings (SSSR count). The molecule has 1 aromatic carbocycles. The zero-order chi connectivity index (χ0) is 27.8. The first-order valence-electron chi connectivity index (χ1n) is 11.9. The molecule has 0 heterocycles. The van der Waals surface area contributed by atoms with Crippen molar-refractivity contribution in [2.45, 2.75) is 62.7 Å². The third-order valence-corrected chi connectivity index (χ3v) is 6.10. The number of carbonyl (C=O) groups is 5. The van der Waals surface area contributed by atoms with Crippen LogP contribution >= 0.6 is 11.8 Å². The molecule has 0 aliphatic heterocycles. The average molecular weight is 540 g/mol. The minimum absolute atomic E-state index is 0.162. The van der Waals surface area contributed by atoms with Crippen LogP contribution in [-0.4, -0.2) is 82.6 Å². The lowest BCUT2D eigenvalue weighted by atomic mass is 10.0. The largest absolute Gasteiger partial charge is 0.481 e. The van der Waals surface area contributed by atoms with Crippen molar-refractivity contribution in [2.75, 3.05) is 18.6 Å². The number of hydrogen-bond acceptors (Lipinski definition) is 8. The highest BCUT2D eigenvalue weighted by atomic mass is 32.2. The molecule has 9 N–H and O–H groups in total. The molecule has 37 heavy (non-hydrogen) atoms. The second-order valence-electron chi connectivity index (χ2n) is 8.48. The molecule has 0 spiro atoms. The number of carbonyl (C=O) groups excluding carboxylic acids is 3. The first-order valence-corrected chi connectivity index (χ1v) is 13.3. The van der Waals surface area contributed by atoms with Gasteiger partial charge >= 0.3 is 11.9 Å².